The number of amides is 1. The highest BCUT2D eigenvalue weighted by Gasteiger charge is 2.26. The van der Waals surface area contributed by atoms with Crippen molar-refractivity contribution >= 4 is 11.7 Å². The number of rotatable bonds is 8. The normalized spacial score (nSPS) is 18.2. The number of nitriles is 1. The molecule has 1 aromatic heterocycles. The number of nitrogens with zero attached hydrogens (tertiary/aromatic N) is 5. The Hall–Kier alpha value is -3.93. The number of pyridine rings is 1. The van der Waals surface area contributed by atoms with Crippen molar-refractivity contribution in [3.8, 4) is 6.07 Å². The van der Waals surface area contributed by atoms with Crippen LogP contribution in [0.2, 0.25) is 0 Å². The summed E-state index contributed by atoms with van der Waals surface area (Å²) in [4.78, 5) is 36.7. The minimum atomic E-state index is -0.239. The molecule has 7 nitrogen and oxygen atoms in total. The molecule has 1 amide bonds. The first-order valence-corrected chi connectivity index (χ1v) is 13.4. The Morgan fingerprint density at radius 1 is 0.872 bits per heavy atom. The molecule has 2 aliphatic rings. The Morgan fingerprint density at radius 3 is 2.18 bits per heavy atom. The van der Waals surface area contributed by atoms with Crippen LogP contribution in [0.1, 0.15) is 50.4 Å². The SMILES string of the molecule is N#Cc1ccc(CN2CC[C@H](CC(=O)c3ccc(C(=O)N4CCN(Cc5ccc(F)cc5)CC4)cn3)C2)cc1. The van der Waals surface area contributed by atoms with Crippen molar-refractivity contribution in [1.29, 1.82) is 5.26 Å². The lowest BCUT2D eigenvalue weighted by atomic mass is 10.00. The maximum absolute atomic E-state index is 13.1. The molecule has 2 fully saturated rings. The van der Waals surface area contributed by atoms with Crippen LogP contribution in [0, 0.1) is 23.1 Å². The van der Waals surface area contributed by atoms with Gasteiger partial charge in [0.05, 0.1) is 17.2 Å². The lowest BCUT2D eigenvalue weighted by Crippen LogP contribution is -2.48. The van der Waals surface area contributed by atoms with Gasteiger partial charge in [0.1, 0.15) is 11.5 Å². The summed E-state index contributed by atoms with van der Waals surface area (Å²) in [6.07, 6.45) is 2.93. The molecular weight excluding hydrogens is 493 g/mol. The maximum atomic E-state index is 13.1. The first-order chi connectivity index (χ1) is 19.0. The molecule has 5 rings (SSSR count). The number of piperazine rings is 1. The summed E-state index contributed by atoms with van der Waals surface area (Å²) in [6, 6.07) is 19.7. The molecule has 0 spiro atoms. The predicted molar refractivity (Wildman–Crippen MR) is 145 cm³/mol. The predicted octanol–water partition coefficient (Wildman–Crippen LogP) is 4.15. The summed E-state index contributed by atoms with van der Waals surface area (Å²) in [5.41, 5.74) is 3.77. The minimum absolute atomic E-state index is 0.00799. The molecule has 8 heteroatoms. The van der Waals surface area contributed by atoms with Gasteiger partial charge in [0.15, 0.2) is 5.78 Å². The second-order valence-corrected chi connectivity index (χ2v) is 10.5. The summed E-state index contributed by atoms with van der Waals surface area (Å²) in [6.45, 7) is 6.06. The van der Waals surface area contributed by atoms with E-state index in [0.29, 0.717) is 36.3 Å². The first kappa shape index (κ1) is 26.7. The molecule has 3 aromatic rings. The molecule has 1 atom stereocenters. The van der Waals surface area contributed by atoms with Crippen LogP contribution in [0.15, 0.2) is 66.9 Å². The lowest BCUT2D eigenvalue weighted by Gasteiger charge is -2.34. The quantitative estimate of drug-likeness (QED) is 0.411. The second kappa shape index (κ2) is 12.3. The molecular formula is C31H32FN5O2. The molecule has 3 heterocycles. The number of hydrogen-bond donors (Lipinski definition) is 0. The van der Waals surface area contributed by atoms with Crippen LogP contribution in [-0.4, -0.2) is 70.6 Å². The van der Waals surface area contributed by atoms with Crippen LogP contribution >= 0.6 is 0 Å². The molecule has 0 N–H and O–H groups in total. The molecule has 2 saturated heterocycles. The van der Waals surface area contributed by atoms with Gasteiger partial charge in [-0.25, -0.2) is 4.39 Å². The number of carbonyl (C=O) groups excluding carboxylic acids is 2. The Labute approximate surface area is 228 Å². The second-order valence-electron chi connectivity index (χ2n) is 10.5. The van der Waals surface area contributed by atoms with Gasteiger partial charge >= 0.3 is 0 Å². The zero-order valence-electron chi connectivity index (χ0n) is 21.9. The first-order valence-electron chi connectivity index (χ1n) is 13.4. The van der Waals surface area contributed by atoms with Crippen molar-refractivity contribution in [2.45, 2.75) is 25.9 Å². The standard InChI is InChI=1S/C31H32FN5O2/c32-28-8-5-25(6-9-28)20-35-13-15-37(16-14-35)31(39)27-7-10-29(34-19-27)30(38)17-26-11-12-36(22-26)21-24-3-1-23(18-33)2-4-24/h1-10,19,26H,11-17,20-22H2/t26-/m1/s1. The van der Waals surface area contributed by atoms with E-state index in [4.69, 9.17) is 5.26 Å². The number of benzene rings is 2. The van der Waals surface area contributed by atoms with Gasteiger partial charge in [0.2, 0.25) is 0 Å². The molecule has 2 aromatic carbocycles. The van der Waals surface area contributed by atoms with Crippen molar-refractivity contribution < 1.29 is 14.0 Å². The number of aromatic nitrogens is 1. The monoisotopic (exact) mass is 525 g/mol. The zero-order chi connectivity index (χ0) is 27.2. The lowest BCUT2D eigenvalue weighted by molar-refractivity contribution is 0.0627. The number of Topliss-reactive ketones (excluding diaryl/α,β-unsaturated/α-hetero) is 1. The molecule has 0 bridgehead atoms. The Balaban J connectivity index is 1.07. The molecule has 2 aliphatic heterocycles. The van der Waals surface area contributed by atoms with Crippen molar-refractivity contribution in [3.05, 3.63) is 101 Å². The van der Waals surface area contributed by atoms with Gasteiger partial charge in [-0.1, -0.05) is 24.3 Å². The van der Waals surface area contributed by atoms with Gasteiger partial charge in [0, 0.05) is 58.4 Å². The summed E-state index contributed by atoms with van der Waals surface area (Å²) in [7, 11) is 0. The van der Waals surface area contributed by atoms with E-state index in [2.05, 4.69) is 20.9 Å². The van der Waals surface area contributed by atoms with Crippen molar-refractivity contribution in [2.24, 2.45) is 5.92 Å². The van der Waals surface area contributed by atoms with E-state index in [1.54, 1.807) is 24.3 Å². The van der Waals surface area contributed by atoms with Crippen molar-refractivity contribution in [3.63, 3.8) is 0 Å². The molecule has 39 heavy (non-hydrogen) atoms. The van der Waals surface area contributed by atoms with E-state index in [1.807, 2.05) is 29.2 Å². The van der Waals surface area contributed by atoms with E-state index < -0.39 is 0 Å². The van der Waals surface area contributed by atoms with Crippen LogP contribution < -0.4 is 0 Å². The molecule has 0 saturated carbocycles. The number of ketones is 1. The summed E-state index contributed by atoms with van der Waals surface area (Å²) < 4.78 is 13.1. The van der Waals surface area contributed by atoms with Crippen LogP contribution in [0.3, 0.4) is 0 Å². The highest BCUT2D eigenvalue weighted by atomic mass is 19.1. The third-order valence-electron chi connectivity index (χ3n) is 7.61. The van der Waals surface area contributed by atoms with Crippen molar-refractivity contribution in [1.82, 2.24) is 19.7 Å². The van der Waals surface area contributed by atoms with E-state index in [-0.39, 0.29) is 23.4 Å². The summed E-state index contributed by atoms with van der Waals surface area (Å²) >= 11 is 0. The fourth-order valence-electron chi connectivity index (χ4n) is 5.36. The molecule has 0 aliphatic carbocycles. The van der Waals surface area contributed by atoms with Crippen LogP contribution in [0.5, 0.6) is 0 Å². The van der Waals surface area contributed by atoms with Gasteiger partial charge in [-0.15, -0.1) is 0 Å². The Morgan fingerprint density at radius 2 is 1.54 bits per heavy atom. The maximum Gasteiger partial charge on any atom is 0.255 e. The number of likely N-dealkylation sites (tertiary alicyclic amines) is 1. The fourth-order valence-corrected chi connectivity index (χ4v) is 5.36. The summed E-state index contributed by atoms with van der Waals surface area (Å²) in [5, 5.41) is 8.96. The third kappa shape index (κ3) is 6.94. The Bertz CT molecular complexity index is 1330. The van der Waals surface area contributed by atoms with Gasteiger partial charge in [0.25, 0.3) is 5.91 Å². The molecule has 0 unspecified atom stereocenters. The highest BCUT2D eigenvalue weighted by Crippen LogP contribution is 2.23. The summed E-state index contributed by atoms with van der Waals surface area (Å²) in [5.74, 6) is -0.0206. The van der Waals surface area contributed by atoms with Crippen molar-refractivity contribution in [2.75, 3.05) is 39.3 Å². The van der Waals surface area contributed by atoms with E-state index in [0.717, 1.165) is 56.8 Å². The van der Waals surface area contributed by atoms with Crippen LogP contribution in [-0.2, 0) is 13.1 Å². The minimum Gasteiger partial charge on any atom is -0.336 e. The van der Waals surface area contributed by atoms with Gasteiger partial charge in [-0.05, 0) is 66.4 Å². The van der Waals surface area contributed by atoms with Crippen LogP contribution in [0.4, 0.5) is 4.39 Å². The van der Waals surface area contributed by atoms with Gasteiger partial charge in [-0.3, -0.25) is 24.4 Å². The zero-order valence-corrected chi connectivity index (χ0v) is 21.9. The Kier molecular flexibility index (Phi) is 8.40. The highest BCUT2D eigenvalue weighted by molar-refractivity contribution is 5.97. The largest absolute Gasteiger partial charge is 0.336 e. The topological polar surface area (TPSA) is 80.5 Å². The molecule has 0 radical (unpaired) electrons. The van der Waals surface area contributed by atoms with E-state index in [1.165, 1.54) is 18.3 Å². The van der Waals surface area contributed by atoms with Gasteiger partial charge in [-0.2, -0.15) is 5.26 Å². The van der Waals surface area contributed by atoms with Crippen LogP contribution in [0.25, 0.3) is 0 Å². The molecule has 200 valence electrons. The number of hydrogen-bond acceptors (Lipinski definition) is 6. The third-order valence-corrected chi connectivity index (χ3v) is 7.61. The smallest absolute Gasteiger partial charge is 0.255 e. The van der Waals surface area contributed by atoms with Gasteiger partial charge < -0.3 is 4.90 Å². The average Bonchev–Trinajstić information content (AvgIpc) is 3.41. The number of halogens is 1. The average molecular weight is 526 g/mol. The van der Waals surface area contributed by atoms with E-state index in [9.17, 15) is 14.0 Å². The fraction of sp³-hybridized carbons (Fsp3) is 0.355. The van der Waals surface area contributed by atoms with E-state index >= 15 is 0 Å². The number of carbonyl (C=O) groups is 2.